The molecule has 4 aromatic rings. The summed E-state index contributed by atoms with van der Waals surface area (Å²) < 4.78 is 8.05. The Labute approximate surface area is 184 Å². The molecule has 156 valence electrons. The predicted molar refractivity (Wildman–Crippen MR) is 127 cm³/mol. The lowest BCUT2D eigenvalue weighted by Gasteiger charge is -2.15. The lowest BCUT2D eigenvalue weighted by molar-refractivity contribution is 0.126. The van der Waals surface area contributed by atoms with Crippen LogP contribution in [0.25, 0.3) is 16.7 Å². The Kier molecular flexibility index (Phi) is 7.16. The zero-order valence-corrected chi connectivity index (χ0v) is 18.0. The van der Waals surface area contributed by atoms with Crippen molar-refractivity contribution in [1.29, 1.82) is 0 Å². The van der Waals surface area contributed by atoms with Gasteiger partial charge in [-0.15, -0.1) is 5.92 Å². The number of para-hydroxylation sites is 1. The number of hydrogen-bond donors (Lipinski definition) is 0. The predicted octanol–water partition coefficient (Wildman–Crippen LogP) is 6.52. The minimum Gasteiger partial charge on any atom is -0.376 e. The van der Waals surface area contributed by atoms with Gasteiger partial charge >= 0.3 is 0 Å². The summed E-state index contributed by atoms with van der Waals surface area (Å²) in [4.78, 5) is 4.62. The standard InChI is InChI=1S/C28H28N2O/c1-2-12-24(15-9-11-20-31-22-23-13-4-3-5-14-23)27-21-25-16-6-7-17-26(25)30(27)28-18-8-10-19-29-28/h3-8,10,13-14,16-19,21,24H,2,11-12,20,22H2,1H3/t24-/m0/s1. The Morgan fingerprint density at radius 1 is 0.968 bits per heavy atom. The summed E-state index contributed by atoms with van der Waals surface area (Å²) in [5, 5.41) is 1.22. The van der Waals surface area contributed by atoms with Crippen molar-refractivity contribution in [3.8, 4) is 17.7 Å². The minimum absolute atomic E-state index is 0.161. The molecule has 0 aliphatic heterocycles. The Balaban J connectivity index is 1.53. The Hall–Kier alpha value is -3.35. The van der Waals surface area contributed by atoms with E-state index in [2.05, 4.69) is 76.8 Å². The molecule has 0 amide bonds. The maximum absolute atomic E-state index is 5.79. The molecule has 0 aliphatic carbocycles. The smallest absolute Gasteiger partial charge is 0.137 e. The van der Waals surface area contributed by atoms with Gasteiger partial charge in [-0.05, 0) is 36.2 Å². The summed E-state index contributed by atoms with van der Waals surface area (Å²) in [6.07, 6.45) is 4.67. The quantitative estimate of drug-likeness (QED) is 0.245. The third kappa shape index (κ3) is 5.23. The summed E-state index contributed by atoms with van der Waals surface area (Å²) in [5.74, 6) is 8.00. The van der Waals surface area contributed by atoms with E-state index < -0.39 is 0 Å². The molecule has 0 saturated carbocycles. The molecule has 0 spiro atoms. The van der Waals surface area contributed by atoms with Gasteiger partial charge in [0.25, 0.3) is 0 Å². The lowest BCUT2D eigenvalue weighted by atomic mass is 10.00. The second-order valence-corrected chi connectivity index (χ2v) is 7.60. The van der Waals surface area contributed by atoms with Gasteiger partial charge in [0, 0.05) is 23.7 Å². The number of hydrogen-bond acceptors (Lipinski definition) is 2. The molecule has 4 rings (SSSR count). The zero-order chi connectivity index (χ0) is 21.3. The largest absolute Gasteiger partial charge is 0.376 e. The first-order valence-corrected chi connectivity index (χ1v) is 11.0. The van der Waals surface area contributed by atoms with Gasteiger partial charge in [-0.3, -0.25) is 4.57 Å². The monoisotopic (exact) mass is 408 g/mol. The molecule has 0 saturated heterocycles. The molecule has 2 aromatic heterocycles. The minimum atomic E-state index is 0.161. The molecule has 0 aliphatic rings. The van der Waals surface area contributed by atoms with Crippen LogP contribution in [0.15, 0.2) is 85.1 Å². The second kappa shape index (κ2) is 10.6. The van der Waals surface area contributed by atoms with Crippen molar-refractivity contribution in [3.63, 3.8) is 0 Å². The summed E-state index contributed by atoms with van der Waals surface area (Å²) in [6, 6.07) is 27.0. The molecule has 0 N–H and O–H groups in total. The van der Waals surface area contributed by atoms with Crippen LogP contribution < -0.4 is 0 Å². The molecule has 0 bridgehead atoms. The third-order valence-corrected chi connectivity index (χ3v) is 5.31. The number of aromatic nitrogens is 2. The van der Waals surface area contributed by atoms with E-state index in [1.54, 1.807) is 0 Å². The number of fused-ring (bicyclic) bond motifs is 1. The molecule has 2 aromatic carbocycles. The highest BCUT2D eigenvalue weighted by Crippen LogP contribution is 2.30. The molecule has 31 heavy (non-hydrogen) atoms. The summed E-state index contributed by atoms with van der Waals surface area (Å²) in [6.45, 7) is 3.49. The van der Waals surface area contributed by atoms with Gasteiger partial charge in [0.05, 0.1) is 24.6 Å². The van der Waals surface area contributed by atoms with Gasteiger partial charge in [0.2, 0.25) is 0 Å². The molecular formula is C28H28N2O. The zero-order valence-electron chi connectivity index (χ0n) is 18.0. The normalized spacial score (nSPS) is 11.8. The van der Waals surface area contributed by atoms with Gasteiger partial charge in [0.15, 0.2) is 0 Å². The van der Waals surface area contributed by atoms with Crippen molar-refractivity contribution < 1.29 is 4.74 Å². The van der Waals surface area contributed by atoms with Crippen molar-refractivity contribution >= 4 is 10.9 Å². The fourth-order valence-corrected chi connectivity index (χ4v) is 3.84. The third-order valence-electron chi connectivity index (χ3n) is 5.31. The highest BCUT2D eigenvalue weighted by molar-refractivity contribution is 5.83. The number of nitrogens with zero attached hydrogens (tertiary/aromatic N) is 2. The van der Waals surface area contributed by atoms with Crippen LogP contribution in [0.1, 0.15) is 43.4 Å². The first-order chi connectivity index (χ1) is 15.4. The number of rotatable bonds is 8. The molecule has 0 unspecified atom stereocenters. The van der Waals surface area contributed by atoms with Crippen molar-refractivity contribution in [1.82, 2.24) is 9.55 Å². The van der Waals surface area contributed by atoms with Crippen LogP contribution in [0.3, 0.4) is 0 Å². The molecule has 2 heterocycles. The Bertz CT molecular complexity index is 1150. The summed E-state index contributed by atoms with van der Waals surface area (Å²) in [5.41, 5.74) is 3.57. The molecule has 1 atom stereocenters. The maximum Gasteiger partial charge on any atom is 0.137 e. The van der Waals surface area contributed by atoms with E-state index in [-0.39, 0.29) is 5.92 Å². The topological polar surface area (TPSA) is 27.1 Å². The number of ether oxygens (including phenoxy) is 1. The van der Waals surface area contributed by atoms with Crippen molar-refractivity contribution in [2.75, 3.05) is 6.61 Å². The Morgan fingerprint density at radius 3 is 2.58 bits per heavy atom. The molecule has 3 heteroatoms. The fourth-order valence-electron chi connectivity index (χ4n) is 3.84. The summed E-state index contributed by atoms with van der Waals surface area (Å²) >= 11 is 0. The van der Waals surface area contributed by atoms with Crippen molar-refractivity contribution in [2.45, 2.75) is 38.7 Å². The van der Waals surface area contributed by atoms with Crippen molar-refractivity contribution in [3.05, 3.63) is 96.3 Å². The fraction of sp³-hybridized carbons (Fsp3) is 0.250. The van der Waals surface area contributed by atoms with Gasteiger partial charge in [-0.1, -0.05) is 73.9 Å². The summed E-state index contributed by atoms with van der Waals surface area (Å²) in [7, 11) is 0. The molecule has 0 fully saturated rings. The number of pyridine rings is 1. The lowest BCUT2D eigenvalue weighted by Crippen LogP contribution is -2.06. The Morgan fingerprint density at radius 2 is 1.77 bits per heavy atom. The van der Waals surface area contributed by atoms with Gasteiger partial charge in [-0.2, -0.15) is 0 Å². The van der Waals surface area contributed by atoms with Crippen LogP contribution in [0.2, 0.25) is 0 Å². The van der Waals surface area contributed by atoms with E-state index in [0.29, 0.717) is 13.2 Å². The van der Waals surface area contributed by atoms with Crippen LogP contribution in [-0.2, 0) is 11.3 Å². The molecule has 3 nitrogen and oxygen atoms in total. The van der Waals surface area contributed by atoms with E-state index in [1.807, 2.05) is 36.5 Å². The van der Waals surface area contributed by atoms with Crippen LogP contribution in [0, 0.1) is 11.8 Å². The van der Waals surface area contributed by atoms with E-state index in [9.17, 15) is 0 Å². The van der Waals surface area contributed by atoms with Crippen LogP contribution in [0.5, 0.6) is 0 Å². The van der Waals surface area contributed by atoms with Crippen LogP contribution in [-0.4, -0.2) is 16.2 Å². The second-order valence-electron chi connectivity index (χ2n) is 7.60. The SMILES string of the molecule is CCC[C@@H](C#CCCOCc1ccccc1)c1cc2ccccc2n1-c1ccccn1. The average Bonchev–Trinajstić information content (AvgIpc) is 3.21. The van der Waals surface area contributed by atoms with Gasteiger partial charge < -0.3 is 4.74 Å². The molecule has 0 radical (unpaired) electrons. The maximum atomic E-state index is 5.79. The molecular weight excluding hydrogens is 380 g/mol. The number of benzene rings is 2. The van der Waals surface area contributed by atoms with Crippen molar-refractivity contribution in [2.24, 2.45) is 0 Å². The average molecular weight is 409 g/mol. The van der Waals surface area contributed by atoms with Crippen LogP contribution in [0.4, 0.5) is 0 Å². The van der Waals surface area contributed by atoms with Gasteiger partial charge in [0.1, 0.15) is 5.82 Å². The first kappa shape index (κ1) is 20.9. The van der Waals surface area contributed by atoms with E-state index in [4.69, 9.17) is 4.74 Å². The highest BCUT2D eigenvalue weighted by Gasteiger charge is 2.17. The van der Waals surface area contributed by atoms with E-state index in [0.717, 1.165) is 25.1 Å². The van der Waals surface area contributed by atoms with Gasteiger partial charge in [-0.25, -0.2) is 4.98 Å². The van der Waals surface area contributed by atoms with Crippen LogP contribution >= 0.6 is 0 Å². The first-order valence-electron chi connectivity index (χ1n) is 11.0. The van der Waals surface area contributed by atoms with E-state index in [1.165, 1.54) is 22.2 Å². The highest BCUT2D eigenvalue weighted by atomic mass is 16.5. The van der Waals surface area contributed by atoms with E-state index >= 15 is 0 Å².